The molecule has 0 radical (unpaired) electrons. The van der Waals surface area contributed by atoms with Crippen molar-refractivity contribution in [3.63, 3.8) is 0 Å². The van der Waals surface area contributed by atoms with E-state index in [9.17, 15) is 10.1 Å². The van der Waals surface area contributed by atoms with Gasteiger partial charge in [-0.1, -0.05) is 31.7 Å². The minimum Gasteiger partial charge on any atom is -0.411 e. The van der Waals surface area contributed by atoms with Crippen LogP contribution in [-0.4, -0.2) is 27.4 Å². The fourth-order valence-electron chi connectivity index (χ4n) is 2.01. The highest BCUT2D eigenvalue weighted by molar-refractivity contribution is 7.99. The molecule has 0 saturated heterocycles. The van der Waals surface area contributed by atoms with E-state index in [4.69, 9.17) is 4.42 Å². The van der Waals surface area contributed by atoms with Gasteiger partial charge in [0.1, 0.15) is 5.54 Å². The number of hydrogen-bond donors (Lipinski definition) is 1. The standard InChI is InChI=1S/C18H22N4O2S/c1-11(2)18(5,10-19)20-15(23)9-25-17-22-21-16(24-17)14-7-6-12(3)13(4)8-14/h6-8,11H,9H2,1-5H3,(H,20,23)/t18-/m0/s1. The summed E-state index contributed by atoms with van der Waals surface area (Å²) in [7, 11) is 0. The topological polar surface area (TPSA) is 91.8 Å². The molecule has 25 heavy (non-hydrogen) atoms. The van der Waals surface area contributed by atoms with Crippen LogP contribution in [0.1, 0.15) is 31.9 Å². The fourth-order valence-corrected chi connectivity index (χ4v) is 2.58. The van der Waals surface area contributed by atoms with Gasteiger partial charge in [0, 0.05) is 5.56 Å². The Labute approximate surface area is 152 Å². The molecule has 7 heteroatoms. The molecule has 0 saturated carbocycles. The van der Waals surface area contributed by atoms with Crippen molar-refractivity contribution in [3.8, 4) is 17.5 Å². The molecule has 1 aromatic carbocycles. The maximum absolute atomic E-state index is 12.1. The second-order valence-corrected chi connectivity index (χ2v) is 7.40. The number of aryl methyl sites for hydroxylation is 2. The van der Waals surface area contributed by atoms with Gasteiger partial charge in [-0.05, 0) is 49.9 Å². The van der Waals surface area contributed by atoms with Gasteiger partial charge in [0.05, 0.1) is 11.8 Å². The van der Waals surface area contributed by atoms with Gasteiger partial charge in [-0.2, -0.15) is 5.26 Å². The van der Waals surface area contributed by atoms with E-state index in [1.807, 2.05) is 45.9 Å². The van der Waals surface area contributed by atoms with Gasteiger partial charge >= 0.3 is 0 Å². The highest BCUT2D eigenvalue weighted by atomic mass is 32.2. The molecule has 0 aliphatic heterocycles. The molecule has 1 aromatic heterocycles. The number of thioether (sulfide) groups is 1. The first kappa shape index (κ1) is 19.0. The Morgan fingerprint density at radius 3 is 2.68 bits per heavy atom. The molecule has 0 unspecified atom stereocenters. The van der Waals surface area contributed by atoms with Gasteiger partial charge < -0.3 is 9.73 Å². The molecule has 1 amide bonds. The summed E-state index contributed by atoms with van der Waals surface area (Å²) < 4.78 is 5.61. The maximum Gasteiger partial charge on any atom is 0.277 e. The molecule has 0 bridgehead atoms. The van der Waals surface area contributed by atoms with Gasteiger partial charge in [-0.15, -0.1) is 10.2 Å². The molecule has 1 atom stereocenters. The minimum atomic E-state index is -0.892. The van der Waals surface area contributed by atoms with Crippen LogP contribution in [0.3, 0.4) is 0 Å². The number of carbonyl (C=O) groups excluding carboxylic acids is 1. The molecule has 0 fully saturated rings. The van der Waals surface area contributed by atoms with E-state index in [2.05, 4.69) is 21.6 Å². The molecular weight excluding hydrogens is 336 g/mol. The highest BCUT2D eigenvalue weighted by Gasteiger charge is 2.30. The smallest absolute Gasteiger partial charge is 0.277 e. The average Bonchev–Trinajstić information content (AvgIpc) is 3.04. The molecular formula is C18H22N4O2S. The second kappa shape index (κ2) is 7.70. The summed E-state index contributed by atoms with van der Waals surface area (Å²) in [6.07, 6.45) is 0. The van der Waals surface area contributed by atoms with Crippen LogP contribution in [0.4, 0.5) is 0 Å². The maximum atomic E-state index is 12.1. The van der Waals surface area contributed by atoms with Gasteiger partial charge in [0.25, 0.3) is 5.22 Å². The van der Waals surface area contributed by atoms with Crippen molar-refractivity contribution in [2.75, 3.05) is 5.75 Å². The Morgan fingerprint density at radius 1 is 1.36 bits per heavy atom. The average molecular weight is 358 g/mol. The van der Waals surface area contributed by atoms with Crippen molar-refractivity contribution >= 4 is 17.7 Å². The van der Waals surface area contributed by atoms with E-state index in [0.29, 0.717) is 11.1 Å². The van der Waals surface area contributed by atoms with Crippen LogP contribution in [0.5, 0.6) is 0 Å². The van der Waals surface area contributed by atoms with E-state index < -0.39 is 5.54 Å². The Kier molecular flexibility index (Phi) is 5.85. The first-order valence-corrected chi connectivity index (χ1v) is 9.00. The quantitative estimate of drug-likeness (QED) is 0.795. The van der Waals surface area contributed by atoms with Crippen molar-refractivity contribution < 1.29 is 9.21 Å². The Bertz CT molecular complexity index is 810. The van der Waals surface area contributed by atoms with Crippen LogP contribution in [0.25, 0.3) is 11.5 Å². The van der Waals surface area contributed by atoms with Crippen LogP contribution < -0.4 is 5.32 Å². The van der Waals surface area contributed by atoms with E-state index >= 15 is 0 Å². The Hall–Kier alpha value is -2.33. The van der Waals surface area contributed by atoms with Crippen LogP contribution >= 0.6 is 11.8 Å². The molecule has 1 N–H and O–H groups in total. The zero-order valence-corrected chi connectivity index (χ0v) is 15.9. The van der Waals surface area contributed by atoms with Crippen molar-refractivity contribution in [3.05, 3.63) is 29.3 Å². The summed E-state index contributed by atoms with van der Waals surface area (Å²) in [6, 6.07) is 8.07. The van der Waals surface area contributed by atoms with Crippen molar-refractivity contribution in [2.24, 2.45) is 5.92 Å². The van der Waals surface area contributed by atoms with Crippen molar-refractivity contribution in [1.82, 2.24) is 15.5 Å². The van der Waals surface area contributed by atoms with E-state index in [1.54, 1.807) is 6.92 Å². The number of hydrogen-bond acceptors (Lipinski definition) is 6. The molecule has 2 rings (SSSR count). The monoisotopic (exact) mass is 358 g/mol. The summed E-state index contributed by atoms with van der Waals surface area (Å²) >= 11 is 1.15. The summed E-state index contributed by atoms with van der Waals surface area (Å²) in [5, 5.41) is 20.3. The number of amides is 1. The van der Waals surface area contributed by atoms with E-state index in [-0.39, 0.29) is 17.6 Å². The zero-order chi connectivity index (χ0) is 18.6. The molecule has 0 aliphatic carbocycles. The lowest BCUT2D eigenvalue weighted by Gasteiger charge is -2.27. The Balaban J connectivity index is 1.99. The summed E-state index contributed by atoms with van der Waals surface area (Å²) in [5.74, 6) is 0.299. The number of nitrogens with one attached hydrogen (secondary N) is 1. The lowest BCUT2D eigenvalue weighted by Crippen LogP contribution is -2.49. The van der Waals surface area contributed by atoms with Gasteiger partial charge in [0.15, 0.2) is 0 Å². The normalized spacial score (nSPS) is 13.3. The van der Waals surface area contributed by atoms with Gasteiger partial charge in [-0.3, -0.25) is 4.79 Å². The van der Waals surface area contributed by atoms with E-state index in [0.717, 1.165) is 22.9 Å². The van der Waals surface area contributed by atoms with Crippen molar-refractivity contribution in [1.29, 1.82) is 5.26 Å². The molecule has 132 valence electrons. The first-order valence-electron chi connectivity index (χ1n) is 8.01. The van der Waals surface area contributed by atoms with Crippen molar-refractivity contribution in [2.45, 2.75) is 45.4 Å². The fraction of sp³-hybridized carbons (Fsp3) is 0.444. The van der Waals surface area contributed by atoms with Gasteiger partial charge in [-0.25, -0.2) is 0 Å². The SMILES string of the molecule is Cc1ccc(-c2nnc(SCC(=O)N[C@@](C)(C#N)C(C)C)o2)cc1C. The molecule has 0 aliphatic rings. The lowest BCUT2D eigenvalue weighted by atomic mass is 9.90. The third-order valence-corrected chi connectivity index (χ3v) is 5.09. The number of rotatable bonds is 6. The molecule has 0 spiro atoms. The van der Waals surface area contributed by atoms with E-state index in [1.165, 1.54) is 5.56 Å². The molecule has 6 nitrogen and oxygen atoms in total. The van der Waals surface area contributed by atoms with Gasteiger partial charge in [0.2, 0.25) is 11.8 Å². The Morgan fingerprint density at radius 2 is 2.08 bits per heavy atom. The molecule has 2 aromatic rings. The number of benzene rings is 1. The van der Waals surface area contributed by atoms with Crippen LogP contribution in [-0.2, 0) is 4.79 Å². The lowest BCUT2D eigenvalue weighted by molar-refractivity contribution is -0.120. The zero-order valence-electron chi connectivity index (χ0n) is 15.1. The highest BCUT2D eigenvalue weighted by Crippen LogP contribution is 2.25. The predicted molar refractivity (Wildman–Crippen MR) is 96.9 cm³/mol. The first-order chi connectivity index (χ1) is 11.7. The second-order valence-electron chi connectivity index (χ2n) is 6.48. The summed E-state index contributed by atoms with van der Waals surface area (Å²) in [5.41, 5.74) is 2.30. The largest absolute Gasteiger partial charge is 0.411 e. The number of carbonyl (C=O) groups is 1. The third-order valence-electron chi connectivity index (χ3n) is 4.27. The minimum absolute atomic E-state index is 0.00577. The predicted octanol–water partition coefficient (Wildman–Crippen LogP) is 3.50. The van der Waals surface area contributed by atoms with Crippen LogP contribution in [0.15, 0.2) is 27.8 Å². The van der Waals surface area contributed by atoms with Crippen LogP contribution in [0.2, 0.25) is 0 Å². The van der Waals surface area contributed by atoms with Crippen LogP contribution in [0, 0.1) is 31.1 Å². The number of nitrogens with zero attached hydrogens (tertiary/aromatic N) is 3. The molecule has 1 heterocycles. The summed E-state index contributed by atoms with van der Waals surface area (Å²) in [4.78, 5) is 12.1. The number of aromatic nitrogens is 2. The number of nitriles is 1. The summed E-state index contributed by atoms with van der Waals surface area (Å²) in [6.45, 7) is 9.56. The third kappa shape index (κ3) is 4.60.